The number of halogens is 1. The molecule has 0 aliphatic heterocycles. The largest absolute Gasteiger partial charge is 0.440 e. The first-order valence-corrected chi connectivity index (χ1v) is 9.09. The summed E-state index contributed by atoms with van der Waals surface area (Å²) in [5.41, 5.74) is 1.83. The van der Waals surface area contributed by atoms with E-state index in [2.05, 4.69) is 38.5 Å². The van der Waals surface area contributed by atoms with Gasteiger partial charge >= 0.3 is 0 Å². The molecule has 2 rings (SSSR count). The number of hydrogen-bond donors (Lipinski definition) is 2. The van der Waals surface area contributed by atoms with Gasteiger partial charge in [-0.25, -0.2) is 4.98 Å². The molecule has 0 aliphatic carbocycles. The van der Waals surface area contributed by atoms with E-state index in [-0.39, 0.29) is 5.91 Å². The maximum absolute atomic E-state index is 11.8. The van der Waals surface area contributed by atoms with Gasteiger partial charge in [0.1, 0.15) is 0 Å². The fourth-order valence-corrected chi connectivity index (χ4v) is 2.59. The number of carbonyl (C=O) groups excluding carboxylic acids is 1. The van der Waals surface area contributed by atoms with Gasteiger partial charge in [0.15, 0.2) is 11.7 Å². The third-order valence-electron chi connectivity index (χ3n) is 3.56. The maximum atomic E-state index is 11.8. The van der Waals surface area contributed by atoms with Crippen LogP contribution < -0.4 is 10.6 Å². The van der Waals surface area contributed by atoms with E-state index >= 15 is 0 Å². The van der Waals surface area contributed by atoms with Crippen LogP contribution in [0.25, 0.3) is 11.3 Å². The van der Waals surface area contributed by atoms with Crippen LogP contribution in [0.1, 0.15) is 31.4 Å². The summed E-state index contributed by atoms with van der Waals surface area (Å²) in [5, 5.41) is 6.14. The maximum Gasteiger partial charge on any atom is 0.220 e. The molecule has 0 saturated heterocycles. The molecule has 1 heterocycles. The van der Waals surface area contributed by atoms with Crippen molar-refractivity contribution in [3.05, 3.63) is 40.3 Å². The van der Waals surface area contributed by atoms with Crippen LogP contribution in [-0.2, 0) is 11.2 Å². The van der Waals surface area contributed by atoms with Crippen LogP contribution >= 0.6 is 15.9 Å². The fraction of sp³-hybridized carbons (Fsp3) is 0.444. The Labute approximate surface area is 151 Å². The normalized spacial score (nSPS) is 10.8. The first-order chi connectivity index (χ1) is 11.6. The third-order valence-corrected chi connectivity index (χ3v) is 4.09. The summed E-state index contributed by atoms with van der Waals surface area (Å²) in [6.45, 7) is 6.46. The predicted molar refractivity (Wildman–Crippen MR) is 98.9 cm³/mol. The van der Waals surface area contributed by atoms with E-state index in [0.717, 1.165) is 41.0 Å². The lowest BCUT2D eigenvalue weighted by molar-refractivity contribution is -0.121. The number of benzene rings is 1. The van der Waals surface area contributed by atoms with Crippen LogP contribution in [0.4, 0.5) is 0 Å². The molecule has 1 aromatic carbocycles. The highest BCUT2D eigenvalue weighted by atomic mass is 79.9. The number of oxazole rings is 1. The van der Waals surface area contributed by atoms with Gasteiger partial charge in [0.05, 0.1) is 5.69 Å². The summed E-state index contributed by atoms with van der Waals surface area (Å²) in [6, 6.07) is 7.91. The van der Waals surface area contributed by atoms with E-state index < -0.39 is 0 Å². The Hall–Kier alpha value is -1.66. The molecule has 0 atom stereocenters. The zero-order valence-corrected chi connectivity index (χ0v) is 15.8. The van der Waals surface area contributed by atoms with Crippen molar-refractivity contribution in [3.8, 4) is 11.3 Å². The van der Waals surface area contributed by atoms with Gasteiger partial charge in [-0.05, 0) is 32.0 Å². The molecule has 0 fully saturated rings. The first-order valence-electron chi connectivity index (χ1n) is 8.29. The number of rotatable bonds is 9. The average Bonchev–Trinajstić information content (AvgIpc) is 2.94. The van der Waals surface area contributed by atoms with Crippen molar-refractivity contribution in [1.29, 1.82) is 0 Å². The summed E-state index contributed by atoms with van der Waals surface area (Å²) < 4.78 is 6.85. The Kier molecular flexibility index (Phi) is 7.46. The highest BCUT2D eigenvalue weighted by Gasteiger charge is 2.13. The smallest absolute Gasteiger partial charge is 0.220 e. The van der Waals surface area contributed by atoms with Crippen LogP contribution in [0.5, 0.6) is 0 Å². The van der Waals surface area contributed by atoms with E-state index in [4.69, 9.17) is 4.42 Å². The highest BCUT2D eigenvalue weighted by molar-refractivity contribution is 9.10. The summed E-state index contributed by atoms with van der Waals surface area (Å²) >= 11 is 3.42. The minimum Gasteiger partial charge on any atom is -0.440 e. The molecular weight excluding hydrogens is 370 g/mol. The van der Waals surface area contributed by atoms with Gasteiger partial charge in [-0.15, -0.1) is 0 Å². The van der Waals surface area contributed by atoms with Crippen LogP contribution in [0, 0.1) is 6.92 Å². The molecule has 0 spiro atoms. The number of hydrogen-bond acceptors (Lipinski definition) is 4. The third kappa shape index (κ3) is 5.76. The quantitative estimate of drug-likeness (QED) is 0.640. The number of nitrogens with zero attached hydrogens (tertiary/aromatic N) is 1. The first kappa shape index (κ1) is 18.7. The summed E-state index contributed by atoms with van der Waals surface area (Å²) in [7, 11) is 0. The Morgan fingerprint density at radius 3 is 2.67 bits per heavy atom. The van der Waals surface area contributed by atoms with Gasteiger partial charge in [0.25, 0.3) is 0 Å². The van der Waals surface area contributed by atoms with Crippen molar-refractivity contribution < 1.29 is 9.21 Å². The number of carbonyl (C=O) groups is 1. The Morgan fingerprint density at radius 1 is 1.21 bits per heavy atom. The minimum atomic E-state index is 0.0225. The lowest BCUT2D eigenvalue weighted by Gasteiger charge is -2.05. The van der Waals surface area contributed by atoms with Crippen LogP contribution in [0.15, 0.2) is 33.2 Å². The summed E-state index contributed by atoms with van der Waals surface area (Å²) in [5.74, 6) is 1.39. The monoisotopic (exact) mass is 393 g/mol. The van der Waals surface area contributed by atoms with Crippen LogP contribution in [0.2, 0.25) is 0 Å². The molecular formula is C18H24BrN3O2. The molecule has 1 aromatic heterocycles. The lowest BCUT2D eigenvalue weighted by atomic mass is 10.1. The second-order valence-corrected chi connectivity index (χ2v) is 6.54. The molecule has 2 aromatic rings. The number of amides is 1. The lowest BCUT2D eigenvalue weighted by Crippen LogP contribution is -2.32. The van der Waals surface area contributed by atoms with E-state index in [9.17, 15) is 4.79 Å². The minimum absolute atomic E-state index is 0.0225. The zero-order chi connectivity index (χ0) is 17.4. The average molecular weight is 394 g/mol. The molecule has 0 aliphatic rings. The van der Waals surface area contributed by atoms with Gasteiger partial charge in [0, 0.05) is 36.0 Å². The molecule has 5 nitrogen and oxygen atoms in total. The molecule has 0 bridgehead atoms. The van der Waals surface area contributed by atoms with Crippen molar-refractivity contribution in [2.24, 2.45) is 0 Å². The van der Waals surface area contributed by atoms with Gasteiger partial charge in [0.2, 0.25) is 5.91 Å². The van der Waals surface area contributed by atoms with E-state index in [1.54, 1.807) is 0 Å². The summed E-state index contributed by atoms with van der Waals surface area (Å²) in [6.07, 6.45) is 1.98. The van der Waals surface area contributed by atoms with Crippen molar-refractivity contribution >= 4 is 21.8 Å². The van der Waals surface area contributed by atoms with Gasteiger partial charge in [-0.3, -0.25) is 4.79 Å². The number of nitrogens with one attached hydrogen (secondary N) is 2. The van der Waals surface area contributed by atoms with Crippen LogP contribution in [-0.4, -0.2) is 30.5 Å². The molecule has 0 radical (unpaired) electrons. The predicted octanol–water partition coefficient (Wildman–Crippen LogP) is 3.46. The van der Waals surface area contributed by atoms with E-state index in [1.165, 1.54) is 0 Å². The molecule has 6 heteroatoms. The Bertz CT molecular complexity index is 653. The summed E-state index contributed by atoms with van der Waals surface area (Å²) in [4.78, 5) is 16.3. The van der Waals surface area contributed by atoms with Gasteiger partial charge in [-0.2, -0.15) is 0 Å². The molecule has 24 heavy (non-hydrogen) atoms. The molecule has 1 amide bonds. The van der Waals surface area contributed by atoms with Crippen molar-refractivity contribution in [3.63, 3.8) is 0 Å². The molecule has 0 saturated carbocycles. The van der Waals surface area contributed by atoms with E-state index in [0.29, 0.717) is 25.3 Å². The second-order valence-electron chi connectivity index (χ2n) is 5.63. The topological polar surface area (TPSA) is 67.2 Å². The second kappa shape index (κ2) is 9.59. The number of aromatic nitrogens is 1. The Balaban J connectivity index is 1.82. The van der Waals surface area contributed by atoms with Crippen molar-refractivity contribution in [1.82, 2.24) is 15.6 Å². The number of aryl methyl sites for hydroxylation is 2. The van der Waals surface area contributed by atoms with E-state index in [1.807, 2.05) is 31.2 Å². The van der Waals surface area contributed by atoms with Crippen molar-refractivity contribution in [2.75, 3.05) is 19.6 Å². The zero-order valence-electron chi connectivity index (χ0n) is 14.2. The SMILES string of the molecule is CCCNCCNC(=O)CCc1nc(C)c(-c2ccc(Br)cc2)o1. The van der Waals surface area contributed by atoms with Gasteiger partial charge in [-0.1, -0.05) is 35.0 Å². The van der Waals surface area contributed by atoms with Crippen molar-refractivity contribution in [2.45, 2.75) is 33.1 Å². The molecule has 2 N–H and O–H groups in total. The van der Waals surface area contributed by atoms with Gasteiger partial charge < -0.3 is 15.1 Å². The fourth-order valence-electron chi connectivity index (χ4n) is 2.33. The molecule has 0 unspecified atom stereocenters. The standard InChI is InChI=1S/C18H24BrN3O2/c1-3-10-20-11-12-21-16(23)8-9-17-22-13(2)18(24-17)14-4-6-15(19)7-5-14/h4-7,20H,3,8-12H2,1-2H3,(H,21,23). The van der Waals surface area contributed by atoms with Crippen LogP contribution in [0.3, 0.4) is 0 Å². The highest BCUT2D eigenvalue weighted by Crippen LogP contribution is 2.26. The Morgan fingerprint density at radius 2 is 1.96 bits per heavy atom. The molecule has 130 valence electrons.